The Balaban J connectivity index is 0.000000561. The second-order valence-electron chi connectivity index (χ2n) is 2.04. The van der Waals surface area contributed by atoms with Gasteiger partial charge in [0, 0.05) is 0 Å². The van der Waals surface area contributed by atoms with Gasteiger partial charge in [-0.25, -0.2) is 0 Å². The molecule has 0 aromatic heterocycles. The topological polar surface area (TPSA) is 0 Å². The van der Waals surface area contributed by atoms with Crippen molar-refractivity contribution in [2.24, 2.45) is 0 Å². The first-order valence-electron chi connectivity index (χ1n) is 3.60. The number of benzene rings is 1. The molecule has 0 bridgehead atoms. The number of hydrogen-bond donors (Lipinski definition) is 0. The Hall–Kier alpha value is -0.793. The molecular weight excluding hydrogens is 184 g/mol. The number of halogens is 1. The molecule has 0 heterocycles. The highest BCUT2D eigenvalue weighted by Crippen LogP contribution is 2.10. The van der Waals surface area contributed by atoms with Crippen molar-refractivity contribution in [1.29, 1.82) is 0 Å². The van der Waals surface area contributed by atoms with E-state index in [9.17, 15) is 0 Å². The fraction of sp³-hybridized carbons (Fsp3) is 0. The average Bonchev–Trinajstić information content (AvgIpc) is 2.20. The molecule has 1 aromatic rings. The van der Waals surface area contributed by atoms with Crippen molar-refractivity contribution in [3.05, 3.63) is 48.6 Å². The lowest BCUT2D eigenvalue weighted by molar-refractivity contribution is 1.62. The van der Waals surface area contributed by atoms with Crippen LogP contribution in [0.1, 0.15) is 11.1 Å². The summed E-state index contributed by atoms with van der Waals surface area (Å²) in [5, 5.41) is 0. The Morgan fingerprint density at radius 2 is 1.33 bits per heavy atom. The molecule has 0 unspecified atom stereocenters. The molecular formula is C10H13ClSi. The third-order valence-electron chi connectivity index (χ3n) is 1.44. The first-order valence-corrected chi connectivity index (χ1v) is 6.62. The summed E-state index contributed by atoms with van der Waals surface area (Å²) in [4.78, 5) is 0. The first kappa shape index (κ1) is 11.2. The van der Waals surface area contributed by atoms with Crippen molar-refractivity contribution in [2.45, 2.75) is 0 Å². The highest BCUT2D eigenvalue weighted by Gasteiger charge is 1.89. The van der Waals surface area contributed by atoms with Crippen molar-refractivity contribution in [3.63, 3.8) is 0 Å². The molecule has 0 saturated heterocycles. The van der Waals surface area contributed by atoms with E-state index in [4.69, 9.17) is 11.1 Å². The minimum Gasteiger partial charge on any atom is -0.181 e. The standard InChI is InChI=1S/C10H10.ClH3Si/c1-3-9-7-5-6-8-10(9)4-2;1-2/h3-8H,1-2H2;2H3. The SMILES string of the molecule is C=Cc1ccccc1C=C.[SiH3]Cl. The van der Waals surface area contributed by atoms with Crippen molar-refractivity contribution in [1.82, 2.24) is 0 Å². The highest BCUT2D eigenvalue weighted by molar-refractivity contribution is 6.80. The largest absolute Gasteiger partial charge is 0.181 e. The van der Waals surface area contributed by atoms with Crippen molar-refractivity contribution < 1.29 is 0 Å². The van der Waals surface area contributed by atoms with Crippen LogP contribution in [0.15, 0.2) is 37.4 Å². The van der Waals surface area contributed by atoms with Crippen LogP contribution in [0.3, 0.4) is 0 Å². The summed E-state index contributed by atoms with van der Waals surface area (Å²) in [7, 11) is 0.778. The predicted octanol–water partition coefficient (Wildman–Crippen LogP) is 2.48. The molecule has 0 N–H and O–H groups in total. The maximum absolute atomic E-state index is 4.78. The van der Waals surface area contributed by atoms with E-state index in [0.717, 1.165) is 20.7 Å². The Kier molecular flexibility index (Phi) is 6.43. The van der Waals surface area contributed by atoms with Crippen molar-refractivity contribution in [2.75, 3.05) is 0 Å². The van der Waals surface area contributed by atoms with E-state index < -0.39 is 0 Å². The van der Waals surface area contributed by atoms with Crippen LogP contribution in [0.4, 0.5) is 0 Å². The van der Waals surface area contributed by atoms with Gasteiger partial charge in [0.2, 0.25) is 0 Å². The molecule has 64 valence electrons. The normalized spacial score (nSPS) is 8.08. The van der Waals surface area contributed by atoms with E-state index >= 15 is 0 Å². The summed E-state index contributed by atoms with van der Waals surface area (Å²) in [6.45, 7) is 7.38. The summed E-state index contributed by atoms with van der Waals surface area (Å²) >= 11 is 4.78. The smallest absolute Gasteiger partial charge is 0.109 e. The third-order valence-corrected chi connectivity index (χ3v) is 1.44. The summed E-state index contributed by atoms with van der Waals surface area (Å²) in [5.74, 6) is 0. The van der Waals surface area contributed by atoms with Gasteiger partial charge >= 0.3 is 0 Å². The molecule has 0 atom stereocenters. The molecule has 12 heavy (non-hydrogen) atoms. The first-order chi connectivity index (χ1) is 5.88. The average molecular weight is 197 g/mol. The van der Waals surface area contributed by atoms with Gasteiger partial charge in [0.25, 0.3) is 0 Å². The van der Waals surface area contributed by atoms with Crippen LogP contribution >= 0.6 is 11.1 Å². The zero-order chi connectivity index (χ0) is 9.40. The quantitative estimate of drug-likeness (QED) is 0.504. The Morgan fingerprint density at radius 3 is 1.58 bits per heavy atom. The van der Waals surface area contributed by atoms with Crippen LogP contribution in [0, 0.1) is 0 Å². The minimum atomic E-state index is 0.778. The van der Waals surface area contributed by atoms with Gasteiger partial charge < -0.3 is 0 Å². The van der Waals surface area contributed by atoms with E-state index in [1.54, 1.807) is 0 Å². The van der Waals surface area contributed by atoms with Crippen LogP contribution in [0.25, 0.3) is 12.2 Å². The van der Waals surface area contributed by atoms with Crippen molar-refractivity contribution >= 4 is 32.8 Å². The maximum Gasteiger partial charge on any atom is 0.109 e. The molecule has 0 fully saturated rings. The molecule has 0 spiro atoms. The Morgan fingerprint density at radius 1 is 1.00 bits per heavy atom. The highest BCUT2D eigenvalue weighted by atomic mass is 35.6. The summed E-state index contributed by atoms with van der Waals surface area (Å²) < 4.78 is 0. The van der Waals surface area contributed by atoms with Crippen LogP contribution in [-0.2, 0) is 0 Å². The van der Waals surface area contributed by atoms with E-state index in [1.807, 2.05) is 36.4 Å². The van der Waals surface area contributed by atoms with E-state index in [1.165, 1.54) is 0 Å². The molecule has 1 aromatic carbocycles. The predicted molar refractivity (Wildman–Crippen MR) is 62.4 cm³/mol. The third kappa shape index (κ3) is 3.07. The molecule has 0 radical (unpaired) electrons. The Bertz CT molecular complexity index is 229. The lowest BCUT2D eigenvalue weighted by atomic mass is 10.1. The van der Waals surface area contributed by atoms with Crippen LogP contribution < -0.4 is 0 Å². The van der Waals surface area contributed by atoms with Crippen LogP contribution in [0.2, 0.25) is 0 Å². The molecule has 1 rings (SSSR count). The zero-order valence-electron chi connectivity index (χ0n) is 7.26. The van der Waals surface area contributed by atoms with Gasteiger partial charge in [0.1, 0.15) is 9.55 Å². The van der Waals surface area contributed by atoms with Gasteiger partial charge in [0.15, 0.2) is 0 Å². The maximum atomic E-state index is 4.78. The zero-order valence-corrected chi connectivity index (χ0v) is 10.0. The van der Waals surface area contributed by atoms with Gasteiger partial charge in [-0.1, -0.05) is 49.6 Å². The van der Waals surface area contributed by atoms with E-state index in [-0.39, 0.29) is 0 Å². The lowest BCUT2D eigenvalue weighted by Gasteiger charge is -1.96. The van der Waals surface area contributed by atoms with Crippen LogP contribution in [0.5, 0.6) is 0 Å². The fourth-order valence-corrected chi connectivity index (χ4v) is 0.883. The Labute approximate surface area is 81.7 Å². The monoisotopic (exact) mass is 196 g/mol. The molecule has 0 nitrogen and oxygen atoms in total. The second kappa shape index (κ2) is 6.89. The summed E-state index contributed by atoms with van der Waals surface area (Å²) in [5.41, 5.74) is 2.27. The summed E-state index contributed by atoms with van der Waals surface area (Å²) in [6, 6.07) is 8.02. The number of rotatable bonds is 2. The van der Waals surface area contributed by atoms with E-state index in [0.29, 0.717) is 0 Å². The van der Waals surface area contributed by atoms with Gasteiger partial charge in [-0.3, -0.25) is 0 Å². The van der Waals surface area contributed by atoms with Gasteiger partial charge in [-0.2, -0.15) is 11.1 Å². The minimum absolute atomic E-state index is 0.778. The molecule has 0 aliphatic heterocycles. The summed E-state index contributed by atoms with van der Waals surface area (Å²) in [6.07, 6.45) is 3.66. The van der Waals surface area contributed by atoms with E-state index in [2.05, 4.69) is 13.2 Å². The number of hydrogen-bond acceptors (Lipinski definition) is 0. The van der Waals surface area contributed by atoms with Crippen molar-refractivity contribution in [3.8, 4) is 0 Å². The van der Waals surface area contributed by atoms with Gasteiger partial charge in [0.05, 0.1) is 0 Å². The molecule has 0 aliphatic carbocycles. The second-order valence-corrected chi connectivity index (χ2v) is 2.04. The van der Waals surface area contributed by atoms with Crippen LogP contribution in [-0.4, -0.2) is 9.55 Å². The molecule has 2 heteroatoms. The van der Waals surface area contributed by atoms with Gasteiger partial charge in [-0.05, 0) is 11.1 Å². The molecule has 0 saturated carbocycles. The fourth-order valence-electron chi connectivity index (χ4n) is 0.883. The molecule has 0 amide bonds. The lowest BCUT2D eigenvalue weighted by Crippen LogP contribution is -1.76. The van der Waals surface area contributed by atoms with Gasteiger partial charge in [-0.15, -0.1) is 0 Å². The molecule has 0 aliphatic rings.